The lowest BCUT2D eigenvalue weighted by molar-refractivity contribution is -0.136. The van der Waals surface area contributed by atoms with Crippen LogP contribution >= 0.6 is 0 Å². The van der Waals surface area contributed by atoms with Gasteiger partial charge in [0, 0.05) is 61.3 Å². The zero-order valence-corrected chi connectivity index (χ0v) is 27.7. The molecule has 4 amide bonds. The minimum absolute atomic E-state index is 0.0978. The molecule has 1 spiro atoms. The zero-order chi connectivity index (χ0) is 34.0. The molecule has 2 saturated carbocycles. The van der Waals surface area contributed by atoms with Crippen molar-refractivity contribution in [2.45, 2.75) is 69.0 Å². The highest BCUT2D eigenvalue weighted by molar-refractivity contribution is 6.23. The Morgan fingerprint density at radius 1 is 0.960 bits per heavy atom. The maximum Gasteiger partial charge on any atom is 0.262 e. The van der Waals surface area contributed by atoms with Gasteiger partial charge in [0.2, 0.25) is 11.8 Å². The van der Waals surface area contributed by atoms with Crippen LogP contribution in [-0.4, -0.2) is 86.0 Å². The van der Waals surface area contributed by atoms with Crippen molar-refractivity contribution in [1.82, 2.24) is 35.3 Å². The van der Waals surface area contributed by atoms with Crippen LogP contribution in [-0.2, 0) is 9.59 Å². The van der Waals surface area contributed by atoms with E-state index in [1.807, 2.05) is 12.4 Å². The van der Waals surface area contributed by atoms with E-state index in [1.54, 1.807) is 18.2 Å². The number of nitrogens with one attached hydrogen (secondary N) is 3. The smallest absolute Gasteiger partial charge is 0.262 e. The average Bonchev–Trinajstić information content (AvgIpc) is 3.56. The molecular weight excluding hydrogens is 634 g/mol. The van der Waals surface area contributed by atoms with E-state index in [1.165, 1.54) is 18.5 Å². The van der Waals surface area contributed by atoms with Gasteiger partial charge < -0.3 is 15.5 Å². The first kappa shape index (κ1) is 30.9. The summed E-state index contributed by atoms with van der Waals surface area (Å²) in [6.07, 6.45) is 12.8. The molecule has 2 aromatic carbocycles. The summed E-state index contributed by atoms with van der Waals surface area (Å²) in [5.41, 5.74) is 6.46. The molecular formula is C37H39N9O4. The second-order valence-corrected chi connectivity index (χ2v) is 14.5. The van der Waals surface area contributed by atoms with Gasteiger partial charge in [0.1, 0.15) is 6.04 Å². The third kappa shape index (κ3) is 5.59. The van der Waals surface area contributed by atoms with Crippen LogP contribution in [0.3, 0.4) is 0 Å². The molecule has 1 unspecified atom stereocenters. The molecule has 3 aliphatic heterocycles. The van der Waals surface area contributed by atoms with Gasteiger partial charge in [0.15, 0.2) is 0 Å². The predicted octanol–water partition coefficient (Wildman–Crippen LogP) is 3.68. The first-order chi connectivity index (χ1) is 24.3. The molecule has 3 N–H and O–H groups in total. The number of amides is 4. The summed E-state index contributed by atoms with van der Waals surface area (Å²) < 4.78 is 2.07. The van der Waals surface area contributed by atoms with Gasteiger partial charge >= 0.3 is 0 Å². The Bertz CT molecular complexity index is 2050. The highest BCUT2D eigenvalue weighted by atomic mass is 16.2. The number of imide groups is 2. The van der Waals surface area contributed by atoms with E-state index >= 15 is 0 Å². The average molecular weight is 674 g/mol. The first-order valence-electron chi connectivity index (χ1n) is 17.7. The number of fused-ring (bicyclic) bond motifs is 2. The van der Waals surface area contributed by atoms with E-state index in [0.717, 1.165) is 84.7 Å². The second kappa shape index (κ2) is 12.0. The van der Waals surface area contributed by atoms with E-state index in [4.69, 9.17) is 15.1 Å². The number of rotatable bonds is 9. The quantitative estimate of drug-likeness (QED) is 0.177. The third-order valence-corrected chi connectivity index (χ3v) is 11.2. The number of hydrogen-bond acceptors (Lipinski definition) is 10. The van der Waals surface area contributed by atoms with Crippen LogP contribution in [0.5, 0.6) is 0 Å². The van der Waals surface area contributed by atoms with Gasteiger partial charge in [-0.05, 0) is 87.3 Å². The van der Waals surface area contributed by atoms with Gasteiger partial charge in [-0.15, -0.1) is 0 Å². The van der Waals surface area contributed by atoms with Gasteiger partial charge in [-0.25, -0.2) is 4.98 Å². The highest BCUT2D eigenvalue weighted by Crippen LogP contribution is 2.41. The molecule has 256 valence electrons. The zero-order valence-electron chi connectivity index (χ0n) is 27.7. The summed E-state index contributed by atoms with van der Waals surface area (Å²) in [6.45, 7) is 3.80. The van der Waals surface area contributed by atoms with Crippen molar-refractivity contribution in [3.05, 3.63) is 66.1 Å². The van der Waals surface area contributed by atoms with Crippen molar-refractivity contribution in [2.75, 3.05) is 36.4 Å². The number of carbonyl (C=O) groups is 4. The normalized spacial score (nSPS) is 24.0. The maximum atomic E-state index is 13.1. The lowest BCUT2D eigenvalue weighted by atomic mass is 9.77. The largest absolute Gasteiger partial charge is 0.385 e. The Morgan fingerprint density at radius 3 is 2.66 bits per heavy atom. The number of piperazine rings is 1. The van der Waals surface area contributed by atoms with Crippen LogP contribution in [0.25, 0.3) is 22.3 Å². The van der Waals surface area contributed by atoms with Crippen LogP contribution in [0.4, 0.5) is 11.4 Å². The molecule has 5 aliphatic rings. The molecule has 2 aliphatic carbocycles. The van der Waals surface area contributed by atoms with Gasteiger partial charge in [-0.3, -0.25) is 39.1 Å². The van der Waals surface area contributed by atoms with Crippen molar-refractivity contribution in [1.29, 1.82) is 0 Å². The molecule has 9 rings (SSSR count). The van der Waals surface area contributed by atoms with E-state index in [0.29, 0.717) is 17.5 Å². The Morgan fingerprint density at radius 2 is 1.82 bits per heavy atom. The lowest BCUT2D eigenvalue weighted by Gasteiger charge is -2.35. The molecule has 4 aromatic rings. The number of benzene rings is 2. The third-order valence-electron chi connectivity index (χ3n) is 11.2. The van der Waals surface area contributed by atoms with E-state index in [2.05, 4.69) is 49.9 Å². The Kier molecular flexibility index (Phi) is 7.41. The molecule has 13 heteroatoms. The van der Waals surface area contributed by atoms with E-state index < -0.39 is 23.8 Å². The van der Waals surface area contributed by atoms with Crippen LogP contribution < -0.4 is 20.9 Å². The Labute approximate surface area is 288 Å². The summed E-state index contributed by atoms with van der Waals surface area (Å²) in [4.78, 5) is 63.1. The van der Waals surface area contributed by atoms with Crippen LogP contribution in [0.2, 0.25) is 0 Å². The van der Waals surface area contributed by atoms with Gasteiger partial charge in [-0.1, -0.05) is 0 Å². The molecule has 13 nitrogen and oxygen atoms in total. The number of anilines is 2. The highest BCUT2D eigenvalue weighted by Gasteiger charge is 2.46. The SMILES string of the molecule is O=C1CCC(N2C(=O)c3ccc(NCCC[C@H]4C[C@H](n5cc(-c6cnc7ccc(N8CCNC9(CC9)C8)cc7n6)cn5)C4)cc3C2=O)C(=O)N1. The van der Waals surface area contributed by atoms with Crippen molar-refractivity contribution in [2.24, 2.45) is 5.92 Å². The molecule has 4 fully saturated rings. The van der Waals surface area contributed by atoms with Crippen molar-refractivity contribution < 1.29 is 19.2 Å². The summed E-state index contributed by atoms with van der Waals surface area (Å²) >= 11 is 0. The molecule has 2 aromatic heterocycles. The summed E-state index contributed by atoms with van der Waals surface area (Å²) in [7, 11) is 0. The van der Waals surface area contributed by atoms with Crippen molar-refractivity contribution >= 4 is 46.0 Å². The van der Waals surface area contributed by atoms with Crippen LogP contribution in [0, 0.1) is 5.92 Å². The fourth-order valence-corrected chi connectivity index (χ4v) is 8.02. The monoisotopic (exact) mass is 673 g/mol. The number of carbonyl (C=O) groups excluding carboxylic acids is 4. The maximum absolute atomic E-state index is 13.1. The molecule has 1 atom stereocenters. The molecule has 5 heterocycles. The van der Waals surface area contributed by atoms with Crippen LogP contribution in [0.1, 0.15) is 78.1 Å². The second-order valence-electron chi connectivity index (χ2n) is 14.5. The topological polar surface area (TPSA) is 154 Å². The molecule has 50 heavy (non-hydrogen) atoms. The first-order valence-corrected chi connectivity index (χ1v) is 17.7. The minimum atomic E-state index is -0.964. The summed E-state index contributed by atoms with van der Waals surface area (Å²) in [6, 6.07) is 10.9. The number of hydrogen-bond donors (Lipinski definition) is 3. The van der Waals surface area contributed by atoms with Gasteiger partial charge in [-0.2, -0.15) is 5.10 Å². The van der Waals surface area contributed by atoms with E-state index in [-0.39, 0.29) is 29.9 Å². The Hall–Kier alpha value is -5.17. The van der Waals surface area contributed by atoms with Crippen molar-refractivity contribution in [3.8, 4) is 11.3 Å². The molecule has 2 saturated heterocycles. The fourth-order valence-electron chi connectivity index (χ4n) is 8.02. The lowest BCUT2D eigenvalue weighted by Crippen LogP contribution is -2.54. The van der Waals surface area contributed by atoms with Gasteiger partial charge in [0.05, 0.1) is 46.3 Å². The number of nitrogens with zero attached hydrogens (tertiary/aromatic N) is 6. The number of piperidine rings is 1. The van der Waals surface area contributed by atoms with Gasteiger partial charge in [0.25, 0.3) is 11.8 Å². The minimum Gasteiger partial charge on any atom is -0.385 e. The molecule has 0 radical (unpaired) electrons. The standard InChI is InChI=1S/C37H39N9O4/c47-33-8-7-32(34(48)43-33)46-35(49)27-5-3-24(16-28(27)36(46)50)38-11-1-2-22-14-26(15-22)45-20-23(18-41-45)31-19-39-29-6-4-25(17-30(29)42-31)44-13-12-40-37(21-44)9-10-37/h3-6,16-20,22,26,32,38,40H,1-2,7-15,21H2,(H,43,47,48)/t22-,26-,32?. The summed E-state index contributed by atoms with van der Waals surface area (Å²) in [5.74, 6) is -1.37. The van der Waals surface area contributed by atoms with Crippen LogP contribution in [0.15, 0.2) is 55.0 Å². The molecule has 0 bridgehead atoms. The Balaban J connectivity index is 0.762. The predicted molar refractivity (Wildman–Crippen MR) is 186 cm³/mol. The van der Waals surface area contributed by atoms with E-state index in [9.17, 15) is 19.2 Å². The van der Waals surface area contributed by atoms with Crippen molar-refractivity contribution in [3.63, 3.8) is 0 Å². The number of aromatic nitrogens is 4. The fraction of sp³-hybridized carbons (Fsp3) is 0.432. The summed E-state index contributed by atoms with van der Waals surface area (Å²) in [5, 5.41) is 14.0.